The lowest BCUT2D eigenvalue weighted by Crippen LogP contribution is -2.29. The van der Waals surface area contributed by atoms with Gasteiger partial charge in [0, 0.05) is 31.1 Å². The van der Waals surface area contributed by atoms with E-state index >= 15 is 0 Å². The predicted molar refractivity (Wildman–Crippen MR) is 94.3 cm³/mol. The van der Waals surface area contributed by atoms with Crippen molar-refractivity contribution < 1.29 is 4.79 Å². The second-order valence-corrected chi connectivity index (χ2v) is 7.20. The van der Waals surface area contributed by atoms with Crippen LogP contribution in [0.5, 0.6) is 0 Å². The van der Waals surface area contributed by atoms with Gasteiger partial charge in [0.25, 0.3) is 0 Å². The Balaban J connectivity index is 1.65. The van der Waals surface area contributed by atoms with E-state index in [-0.39, 0.29) is 17.2 Å². The number of amides is 1. The van der Waals surface area contributed by atoms with Crippen molar-refractivity contribution in [2.75, 3.05) is 11.9 Å². The van der Waals surface area contributed by atoms with Gasteiger partial charge in [-0.05, 0) is 36.6 Å². The molecule has 120 valence electrons. The topological polar surface area (TPSA) is 38.1 Å². The molecule has 2 atom stereocenters. The minimum absolute atomic E-state index is 0.234. The third kappa shape index (κ3) is 1.53. The number of aromatic nitrogens is 2. The van der Waals surface area contributed by atoms with E-state index in [0.29, 0.717) is 0 Å². The number of anilines is 1. The van der Waals surface area contributed by atoms with Gasteiger partial charge in [0.05, 0.1) is 17.1 Å². The lowest BCUT2D eigenvalue weighted by atomic mass is 9.91. The van der Waals surface area contributed by atoms with Crippen LogP contribution in [0.15, 0.2) is 42.6 Å². The average molecular weight is 317 g/mol. The van der Waals surface area contributed by atoms with Gasteiger partial charge in [0.15, 0.2) is 0 Å². The maximum absolute atomic E-state index is 13.0. The monoisotopic (exact) mass is 317 g/mol. The average Bonchev–Trinajstić information content (AvgIpc) is 3.19. The zero-order chi connectivity index (χ0) is 16.6. The van der Waals surface area contributed by atoms with Crippen LogP contribution in [-0.4, -0.2) is 22.7 Å². The Hall–Kier alpha value is -2.62. The third-order valence-corrected chi connectivity index (χ3v) is 5.82. The summed E-state index contributed by atoms with van der Waals surface area (Å²) in [5.74, 6) is 0.494. The van der Waals surface area contributed by atoms with E-state index in [4.69, 9.17) is 0 Å². The molecule has 0 unspecified atom stereocenters. The van der Waals surface area contributed by atoms with Crippen molar-refractivity contribution in [1.82, 2.24) is 9.78 Å². The van der Waals surface area contributed by atoms with Crippen molar-refractivity contribution in [2.45, 2.75) is 24.7 Å². The minimum Gasteiger partial charge on any atom is -0.314 e. The molecule has 1 aliphatic carbocycles. The summed E-state index contributed by atoms with van der Waals surface area (Å²) in [6.07, 6.45) is 2.78. The van der Waals surface area contributed by atoms with Gasteiger partial charge in [-0.3, -0.25) is 9.48 Å². The molecule has 1 amide bonds. The Morgan fingerprint density at radius 2 is 2.00 bits per heavy atom. The zero-order valence-electron chi connectivity index (χ0n) is 14.1. The lowest BCUT2D eigenvalue weighted by Gasteiger charge is -2.11. The number of hydrogen-bond acceptors (Lipinski definition) is 2. The summed E-state index contributed by atoms with van der Waals surface area (Å²) < 4.78 is 1.90. The predicted octanol–water partition coefficient (Wildman–Crippen LogP) is 3.28. The Kier molecular flexibility index (Phi) is 2.45. The molecule has 3 aromatic rings. The van der Waals surface area contributed by atoms with Gasteiger partial charge in [-0.1, -0.05) is 29.8 Å². The molecule has 1 fully saturated rings. The van der Waals surface area contributed by atoms with E-state index in [1.165, 1.54) is 16.7 Å². The molecule has 1 spiro atoms. The van der Waals surface area contributed by atoms with Crippen molar-refractivity contribution in [1.29, 1.82) is 0 Å². The summed E-state index contributed by atoms with van der Waals surface area (Å²) in [5.41, 5.74) is 5.48. The fourth-order valence-electron chi connectivity index (χ4n) is 4.40. The first-order chi connectivity index (χ1) is 11.5. The first-order valence-electron chi connectivity index (χ1n) is 8.33. The number of nitrogens with zero attached hydrogens (tertiary/aromatic N) is 3. The van der Waals surface area contributed by atoms with E-state index in [1.807, 2.05) is 29.9 Å². The maximum atomic E-state index is 13.0. The molecule has 2 aromatic carbocycles. The van der Waals surface area contributed by atoms with Crippen molar-refractivity contribution in [2.24, 2.45) is 7.05 Å². The van der Waals surface area contributed by atoms with Crippen LogP contribution in [-0.2, 0) is 17.3 Å². The fraction of sp³-hybridized carbons (Fsp3) is 0.300. The summed E-state index contributed by atoms with van der Waals surface area (Å²) in [4.78, 5) is 14.9. The number of fused-ring (bicyclic) bond motifs is 3. The molecule has 4 heteroatoms. The summed E-state index contributed by atoms with van der Waals surface area (Å²) >= 11 is 0. The van der Waals surface area contributed by atoms with Crippen LogP contribution in [0.1, 0.15) is 29.0 Å². The van der Waals surface area contributed by atoms with Gasteiger partial charge in [-0.2, -0.15) is 5.10 Å². The van der Waals surface area contributed by atoms with Gasteiger partial charge in [0.1, 0.15) is 0 Å². The van der Waals surface area contributed by atoms with Crippen molar-refractivity contribution in [3.05, 3.63) is 59.3 Å². The summed E-state index contributed by atoms with van der Waals surface area (Å²) in [7, 11) is 3.85. The number of aryl methyl sites for hydroxylation is 2. The highest BCUT2D eigenvalue weighted by Gasteiger charge is 2.66. The molecule has 4 nitrogen and oxygen atoms in total. The van der Waals surface area contributed by atoms with E-state index in [9.17, 15) is 4.79 Å². The largest absolute Gasteiger partial charge is 0.314 e. The van der Waals surface area contributed by atoms with Crippen molar-refractivity contribution >= 4 is 22.5 Å². The number of hydrogen-bond donors (Lipinski definition) is 0. The first kappa shape index (κ1) is 13.8. The Morgan fingerprint density at radius 1 is 1.17 bits per heavy atom. The molecule has 24 heavy (non-hydrogen) atoms. The quantitative estimate of drug-likeness (QED) is 0.691. The molecule has 1 saturated carbocycles. The van der Waals surface area contributed by atoms with E-state index in [0.717, 1.165) is 23.0 Å². The molecule has 2 aliphatic rings. The molecule has 0 radical (unpaired) electrons. The number of rotatable bonds is 1. The number of likely N-dealkylation sites (N-methyl/N-ethyl adjacent to an activating group) is 1. The number of carbonyl (C=O) groups is 1. The van der Waals surface area contributed by atoms with Crippen molar-refractivity contribution in [3.8, 4) is 0 Å². The number of benzene rings is 2. The third-order valence-electron chi connectivity index (χ3n) is 5.82. The van der Waals surface area contributed by atoms with Crippen LogP contribution in [0.3, 0.4) is 0 Å². The van der Waals surface area contributed by atoms with Crippen LogP contribution < -0.4 is 4.90 Å². The normalized spacial score (nSPS) is 24.9. The van der Waals surface area contributed by atoms with Gasteiger partial charge < -0.3 is 4.90 Å². The maximum Gasteiger partial charge on any atom is 0.238 e. The van der Waals surface area contributed by atoms with Gasteiger partial charge >= 0.3 is 0 Å². The molecule has 0 N–H and O–H groups in total. The molecule has 0 bridgehead atoms. The molecule has 1 aromatic heterocycles. The van der Waals surface area contributed by atoms with Crippen LogP contribution in [0.4, 0.5) is 5.69 Å². The summed E-state index contributed by atoms with van der Waals surface area (Å²) in [6.45, 7) is 2.09. The van der Waals surface area contributed by atoms with Gasteiger partial charge in [-0.15, -0.1) is 0 Å². The van der Waals surface area contributed by atoms with E-state index in [2.05, 4.69) is 48.4 Å². The first-order valence-corrected chi connectivity index (χ1v) is 8.33. The molecular formula is C20H19N3O. The second-order valence-electron chi connectivity index (χ2n) is 7.20. The zero-order valence-corrected chi connectivity index (χ0v) is 14.1. The number of carbonyl (C=O) groups excluding carboxylic acids is 1. The molecule has 5 rings (SSSR count). The smallest absolute Gasteiger partial charge is 0.238 e. The Bertz CT molecular complexity index is 1020. The summed E-state index contributed by atoms with van der Waals surface area (Å²) in [5, 5.41) is 5.46. The molecule has 1 aliphatic heterocycles. The molecule has 0 saturated heterocycles. The van der Waals surface area contributed by atoms with Crippen LogP contribution >= 0.6 is 0 Å². The standard InChI is InChI=1S/C20H19N3O/c1-12-4-7-17-15(8-12)20(19(24)22(17)2)10-16(20)13-5-6-14-11-21-23(3)18(14)9-13/h4-9,11,16H,10H2,1-3H3/t16-,20-/m0/s1. The van der Waals surface area contributed by atoms with E-state index in [1.54, 1.807) is 0 Å². The van der Waals surface area contributed by atoms with Crippen LogP contribution in [0, 0.1) is 6.92 Å². The summed E-state index contributed by atoms with van der Waals surface area (Å²) in [6, 6.07) is 12.8. The second kappa shape index (κ2) is 4.26. The molecule has 2 heterocycles. The molecular weight excluding hydrogens is 298 g/mol. The minimum atomic E-state index is -0.359. The highest BCUT2D eigenvalue weighted by atomic mass is 16.2. The highest BCUT2D eigenvalue weighted by molar-refractivity contribution is 6.11. The van der Waals surface area contributed by atoms with E-state index < -0.39 is 0 Å². The Labute approximate surface area is 140 Å². The van der Waals surface area contributed by atoms with Crippen LogP contribution in [0.25, 0.3) is 10.9 Å². The Morgan fingerprint density at radius 3 is 2.83 bits per heavy atom. The van der Waals surface area contributed by atoms with Crippen molar-refractivity contribution in [3.63, 3.8) is 0 Å². The highest BCUT2D eigenvalue weighted by Crippen LogP contribution is 2.66. The van der Waals surface area contributed by atoms with Gasteiger partial charge in [0.2, 0.25) is 5.91 Å². The SMILES string of the molecule is Cc1ccc2c(c1)[C@]1(C[C@H]1c1ccc3cnn(C)c3c1)C(=O)N2C. The van der Waals surface area contributed by atoms with Crippen LogP contribution in [0.2, 0.25) is 0 Å². The fourth-order valence-corrected chi connectivity index (χ4v) is 4.40. The van der Waals surface area contributed by atoms with Gasteiger partial charge in [-0.25, -0.2) is 0 Å². The lowest BCUT2D eigenvalue weighted by molar-refractivity contribution is -0.120.